The number of hydrogen-bond acceptors (Lipinski definition) is 7. The maximum Gasteiger partial charge on any atom is 0.573 e. The zero-order valence-corrected chi connectivity index (χ0v) is 16.1. The molecule has 31 heavy (non-hydrogen) atoms. The third-order valence-electron chi connectivity index (χ3n) is 4.68. The number of hydrazine groups is 1. The molecule has 11 heteroatoms. The Hall–Kier alpha value is -3.60. The summed E-state index contributed by atoms with van der Waals surface area (Å²) >= 11 is 0. The topological polar surface area (TPSA) is 120 Å². The molecule has 0 unspecified atom stereocenters. The molecular weight excluding hydrogens is 415 g/mol. The number of ether oxygens (including phenoxy) is 1. The Kier molecular flexibility index (Phi) is 5.27. The average molecular weight is 433 g/mol. The summed E-state index contributed by atoms with van der Waals surface area (Å²) in [5, 5.41) is 8.77. The van der Waals surface area contributed by atoms with Crippen LogP contribution in [0.3, 0.4) is 0 Å². The van der Waals surface area contributed by atoms with E-state index >= 15 is 0 Å². The summed E-state index contributed by atoms with van der Waals surface area (Å²) in [6, 6.07) is 9.94. The van der Waals surface area contributed by atoms with Crippen LogP contribution in [0.4, 0.5) is 18.9 Å². The smallest absolute Gasteiger partial charge is 0.423 e. The highest BCUT2D eigenvalue weighted by molar-refractivity contribution is 6.00. The Morgan fingerprint density at radius 1 is 1.13 bits per heavy atom. The number of rotatable bonds is 6. The van der Waals surface area contributed by atoms with Gasteiger partial charge in [-0.25, -0.2) is 5.84 Å². The van der Waals surface area contributed by atoms with Crippen LogP contribution >= 0.6 is 0 Å². The molecule has 0 aliphatic heterocycles. The van der Waals surface area contributed by atoms with E-state index in [-0.39, 0.29) is 35.4 Å². The van der Waals surface area contributed by atoms with Crippen LogP contribution in [-0.2, 0) is 6.54 Å². The average Bonchev–Trinajstić information content (AvgIpc) is 3.46. The number of carbonyl (C=O) groups is 1. The van der Waals surface area contributed by atoms with Crippen LogP contribution in [-0.4, -0.2) is 27.5 Å². The molecule has 0 spiro atoms. The molecule has 1 aliphatic rings. The molecule has 1 aromatic heterocycles. The lowest BCUT2D eigenvalue weighted by Crippen LogP contribution is -2.37. The van der Waals surface area contributed by atoms with E-state index in [1.807, 2.05) is 0 Å². The van der Waals surface area contributed by atoms with Crippen molar-refractivity contribution in [3.63, 3.8) is 0 Å². The lowest BCUT2D eigenvalue weighted by atomic mass is 10.0. The quantitative estimate of drug-likeness (QED) is 0.264. The Balaban J connectivity index is 1.50. The van der Waals surface area contributed by atoms with Crippen LogP contribution in [0, 0.1) is 0 Å². The summed E-state index contributed by atoms with van der Waals surface area (Å²) in [4.78, 5) is 12.8. The summed E-state index contributed by atoms with van der Waals surface area (Å²) in [5.74, 6) is 6.02. The first kappa shape index (κ1) is 20.7. The predicted octanol–water partition coefficient (Wildman–Crippen LogP) is 3.61. The monoisotopic (exact) mass is 433 g/mol. The van der Waals surface area contributed by atoms with Crippen LogP contribution in [0.15, 0.2) is 46.9 Å². The third-order valence-corrected chi connectivity index (χ3v) is 4.68. The van der Waals surface area contributed by atoms with Gasteiger partial charge in [0.1, 0.15) is 12.3 Å². The number of anilines is 1. The molecule has 0 saturated heterocycles. The van der Waals surface area contributed by atoms with Gasteiger partial charge >= 0.3 is 6.36 Å². The molecule has 0 atom stereocenters. The van der Waals surface area contributed by atoms with Crippen molar-refractivity contribution in [2.24, 2.45) is 5.84 Å². The third kappa shape index (κ3) is 4.94. The molecule has 0 bridgehead atoms. The normalized spacial score (nSPS) is 13.8. The molecule has 1 amide bonds. The number of amides is 1. The minimum absolute atomic E-state index is 0.0916. The molecule has 162 valence electrons. The van der Waals surface area contributed by atoms with E-state index in [2.05, 4.69) is 14.9 Å². The molecule has 1 heterocycles. The summed E-state index contributed by atoms with van der Waals surface area (Å²) in [5.41, 5.74) is 7.42. The first-order valence-corrected chi connectivity index (χ1v) is 9.34. The van der Waals surface area contributed by atoms with E-state index in [9.17, 15) is 18.0 Å². The van der Waals surface area contributed by atoms with E-state index in [1.54, 1.807) is 6.07 Å². The number of hydrogen-bond donors (Lipinski definition) is 2. The molecule has 4 rings (SSSR count). The molecule has 2 aromatic carbocycles. The van der Waals surface area contributed by atoms with Gasteiger partial charge in [-0.2, -0.15) is 0 Å². The van der Waals surface area contributed by atoms with Gasteiger partial charge in [-0.3, -0.25) is 9.80 Å². The minimum Gasteiger partial charge on any atom is -0.423 e. The van der Waals surface area contributed by atoms with Crippen molar-refractivity contribution in [3.8, 4) is 16.9 Å². The Morgan fingerprint density at radius 3 is 2.45 bits per heavy atom. The lowest BCUT2D eigenvalue weighted by molar-refractivity contribution is -0.274. The molecule has 8 nitrogen and oxygen atoms in total. The van der Waals surface area contributed by atoms with Crippen LogP contribution in [0.5, 0.6) is 5.75 Å². The molecule has 3 aromatic rings. The number of nitrogens with zero attached hydrogens (tertiary/aromatic N) is 3. The highest BCUT2D eigenvalue weighted by Crippen LogP contribution is 2.39. The van der Waals surface area contributed by atoms with Crippen molar-refractivity contribution in [1.29, 1.82) is 0 Å². The summed E-state index contributed by atoms with van der Waals surface area (Å²) < 4.78 is 46.3. The largest absolute Gasteiger partial charge is 0.573 e. The van der Waals surface area contributed by atoms with Crippen molar-refractivity contribution in [3.05, 3.63) is 59.8 Å². The van der Waals surface area contributed by atoms with Gasteiger partial charge in [-0.15, -0.1) is 23.4 Å². The number of alkyl halides is 3. The second-order valence-electron chi connectivity index (χ2n) is 7.12. The Bertz CT molecular complexity index is 1090. The number of nitrogen functional groups attached to an aromatic ring is 1. The fourth-order valence-electron chi connectivity index (χ4n) is 2.97. The molecule has 1 fully saturated rings. The standard InChI is InChI=1S/C20H18F3N5O3/c21-20(22,23)31-14-6-3-11(4-7-14)13-5-8-16(24)15(9-13)19(29)28(25)10-17-26-27-18(30-17)12-1-2-12/h3-9,12H,1-2,10,24-25H2. The van der Waals surface area contributed by atoms with Gasteiger partial charge < -0.3 is 14.9 Å². The van der Waals surface area contributed by atoms with E-state index in [0.29, 0.717) is 17.0 Å². The predicted molar refractivity (Wildman–Crippen MR) is 103 cm³/mol. The number of aromatic nitrogens is 2. The summed E-state index contributed by atoms with van der Waals surface area (Å²) in [6.45, 7) is -0.0916. The van der Waals surface area contributed by atoms with Crippen LogP contribution in [0.2, 0.25) is 0 Å². The minimum atomic E-state index is -4.77. The molecule has 1 aliphatic carbocycles. The van der Waals surface area contributed by atoms with Gasteiger partial charge in [0.05, 0.1) is 5.56 Å². The Morgan fingerprint density at radius 2 is 1.81 bits per heavy atom. The van der Waals surface area contributed by atoms with Crippen LogP contribution in [0.1, 0.15) is 40.9 Å². The fourth-order valence-corrected chi connectivity index (χ4v) is 2.97. The van der Waals surface area contributed by atoms with Gasteiger partial charge in [0.25, 0.3) is 5.91 Å². The number of carbonyl (C=O) groups excluding carboxylic acids is 1. The number of halogens is 3. The van der Waals surface area contributed by atoms with E-state index in [0.717, 1.165) is 17.9 Å². The highest BCUT2D eigenvalue weighted by Gasteiger charge is 2.31. The summed E-state index contributed by atoms with van der Waals surface area (Å²) in [6.07, 6.45) is -2.77. The summed E-state index contributed by atoms with van der Waals surface area (Å²) in [7, 11) is 0. The first-order chi connectivity index (χ1) is 14.7. The van der Waals surface area contributed by atoms with Crippen molar-refractivity contribution in [1.82, 2.24) is 15.2 Å². The Labute approximate surface area is 174 Å². The lowest BCUT2D eigenvalue weighted by Gasteiger charge is -2.16. The zero-order valence-electron chi connectivity index (χ0n) is 16.1. The SMILES string of the molecule is Nc1ccc(-c2ccc(OC(F)(F)F)cc2)cc1C(=O)N(N)Cc1nnc(C2CC2)o1. The van der Waals surface area contributed by atoms with E-state index in [4.69, 9.17) is 16.0 Å². The van der Waals surface area contributed by atoms with Gasteiger partial charge in [0.2, 0.25) is 11.8 Å². The first-order valence-electron chi connectivity index (χ1n) is 9.34. The highest BCUT2D eigenvalue weighted by atomic mass is 19.4. The van der Waals surface area contributed by atoms with Crippen molar-refractivity contribution >= 4 is 11.6 Å². The van der Waals surface area contributed by atoms with Crippen molar-refractivity contribution in [2.45, 2.75) is 31.7 Å². The molecule has 1 saturated carbocycles. The molecule has 4 N–H and O–H groups in total. The zero-order chi connectivity index (χ0) is 22.2. The van der Waals surface area contributed by atoms with Crippen LogP contribution < -0.4 is 16.3 Å². The van der Waals surface area contributed by atoms with Gasteiger partial charge in [0, 0.05) is 11.6 Å². The number of benzene rings is 2. The second kappa shape index (κ2) is 7.91. The van der Waals surface area contributed by atoms with Crippen molar-refractivity contribution in [2.75, 3.05) is 5.73 Å². The van der Waals surface area contributed by atoms with Gasteiger partial charge in [-0.1, -0.05) is 18.2 Å². The van der Waals surface area contributed by atoms with Gasteiger partial charge in [0.15, 0.2) is 0 Å². The van der Waals surface area contributed by atoms with E-state index in [1.165, 1.54) is 36.4 Å². The van der Waals surface area contributed by atoms with Gasteiger partial charge in [-0.05, 0) is 48.2 Å². The van der Waals surface area contributed by atoms with Crippen molar-refractivity contribution < 1.29 is 27.1 Å². The maximum absolute atomic E-state index is 12.8. The molecular formula is C20H18F3N5O3. The second-order valence-corrected chi connectivity index (χ2v) is 7.12. The fraction of sp³-hybridized carbons (Fsp3) is 0.250. The molecule has 0 radical (unpaired) electrons. The van der Waals surface area contributed by atoms with E-state index < -0.39 is 12.3 Å². The number of nitrogens with two attached hydrogens (primary N) is 2. The maximum atomic E-state index is 12.8. The van der Waals surface area contributed by atoms with Crippen LogP contribution in [0.25, 0.3) is 11.1 Å².